The van der Waals surface area contributed by atoms with Gasteiger partial charge in [0.2, 0.25) is 0 Å². The van der Waals surface area contributed by atoms with Gasteiger partial charge in [0.15, 0.2) is 5.69 Å². The number of hydrogen-bond donors (Lipinski definition) is 2. The van der Waals surface area contributed by atoms with Gasteiger partial charge >= 0.3 is 0 Å². The summed E-state index contributed by atoms with van der Waals surface area (Å²) in [7, 11) is 1.59. The molecule has 2 heterocycles. The second-order valence-electron chi connectivity index (χ2n) is 4.93. The highest BCUT2D eigenvalue weighted by Crippen LogP contribution is 2.19. The molecule has 6 heteroatoms. The van der Waals surface area contributed by atoms with Crippen LogP contribution in [0.25, 0.3) is 5.69 Å². The highest BCUT2D eigenvalue weighted by Gasteiger charge is 2.20. The molecule has 2 aromatic rings. The van der Waals surface area contributed by atoms with Crippen molar-refractivity contribution in [3.05, 3.63) is 42.0 Å². The predicted octanol–water partition coefficient (Wildman–Crippen LogP) is 0.879. The van der Waals surface area contributed by atoms with E-state index in [1.165, 1.54) is 12.8 Å². The molecule has 0 bridgehead atoms. The van der Waals surface area contributed by atoms with E-state index in [0.717, 1.165) is 17.8 Å². The molecular formula is C14H17N5O. The molecule has 1 aliphatic carbocycles. The van der Waals surface area contributed by atoms with Gasteiger partial charge in [-0.15, -0.1) is 0 Å². The van der Waals surface area contributed by atoms with Crippen LogP contribution in [-0.4, -0.2) is 33.8 Å². The van der Waals surface area contributed by atoms with Crippen molar-refractivity contribution in [3.8, 4) is 5.69 Å². The third kappa shape index (κ3) is 2.85. The van der Waals surface area contributed by atoms with Crippen molar-refractivity contribution < 1.29 is 4.79 Å². The fourth-order valence-electron chi connectivity index (χ4n) is 1.96. The first kappa shape index (κ1) is 12.8. The molecule has 0 spiro atoms. The van der Waals surface area contributed by atoms with Crippen LogP contribution < -0.4 is 10.6 Å². The molecule has 1 aliphatic rings. The smallest absolute Gasteiger partial charge is 0.271 e. The Labute approximate surface area is 117 Å². The maximum Gasteiger partial charge on any atom is 0.271 e. The van der Waals surface area contributed by atoms with Crippen LogP contribution in [0.3, 0.4) is 0 Å². The first-order chi connectivity index (χ1) is 9.76. The van der Waals surface area contributed by atoms with Crippen molar-refractivity contribution in [1.29, 1.82) is 0 Å². The van der Waals surface area contributed by atoms with Crippen LogP contribution in [0.2, 0.25) is 0 Å². The molecule has 0 saturated heterocycles. The number of amides is 1. The lowest BCUT2D eigenvalue weighted by Crippen LogP contribution is -2.18. The van der Waals surface area contributed by atoms with Crippen molar-refractivity contribution >= 4 is 5.91 Å². The molecule has 104 valence electrons. The van der Waals surface area contributed by atoms with Gasteiger partial charge in [-0.2, -0.15) is 5.10 Å². The number of pyridine rings is 1. The number of carbonyl (C=O) groups excluding carboxylic acids is 1. The van der Waals surface area contributed by atoms with Gasteiger partial charge in [-0.3, -0.25) is 9.78 Å². The standard InChI is InChI=1S/C14H17N5O/c1-15-14(20)13-4-5-19(18-13)12-6-10(7-16-9-12)8-17-11-2-3-11/h4-7,9,11,17H,2-3,8H2,1H3,(H,15,20). The van der Waals surface area contributed by atoms with Crippen molar-refractivity contribution in [3.63, 3.8) is 0 Å². The number of hydrogen-bond acceptors (Lipinski definition) is 4. The number of carbonyl (C=O) groups is 1. The van der Waals surface area contributed by atoms with Crippen LogP contribution in [0, 0.1) is 0 Å². The molecule has 1 amide bonds. The molecule has 1 saturated carbocycles. The minimum Gasteiger partial charge on any atom is -0.354 e. The van der Waals surface area contributed by atoms with E-state index in [1.54, 1.807) is 30.2 Å². The van der Waals surface area contributed by atoms with E-state index >= 15 is 0 Å². The van der Waals surface area contributed by atoms with Gasteiger partial charge in [0.05, 0.1) is 11.9 Å². The molecule has 0 radical (unpaired) electrons. The monoisotopic (exact) mass is 271 g/mol. The second kappa shape index (κ2) is 5.42. The third-order valence-electron chi connectivity index (χ3n) is 3.27. The summed E-state index contributed by atoms with van der Waals surface area (Å²) in [5, 5.41) is 10.3. The highest BCUT2D eigenvalue weighted by atomic mass is 16.1. The average Bonchev–Trinajstić information content (AvgIpc) is 3.19. The van der Waals surface area contributed by atoms with Crippen LogP contribution in [0.4, 0.5) is 0 Å². The maximum atomic E-state index is 11.5. The topological polar surface area (TPSA) is 71.8 Å². The lowest BCUT2D eigenvalue weighted by atomic mass is 10.2. The summed E-state index contributed by atoms with van der Waals surface area (Å²) in [5.74, 6) is -0.191. The summed E-state index contributed by atoms with van der Waals surface area (Å²) < 4.78 is 1.66. The maximum absolute atomic E-state index is 11.5. The van der Waals surface area contributed by atoms with Crippen LogP contribution in [0.1, 0.15) is 28.9 Å². The largest absolute Gasteiger partial charge is 0.354 e. The summed E-state index contributed by atoms with van der Waals surface area (Å²) in [6.07, 6.45) is 7.88. The number of nitrogens with one attached hydrogen (secondary N) is 2. The Morgan fingerprint density at radius 1 is 1.45 bits per heavy atom. The van der Waals surface area contributed by atoms with E-state index in [1.807, 2.05) is 12.3 Å². The Morgan fingerprint density at radius 3 is 3.05 bits per heavy atom. The van der Waals surface area contributed by atoms with Crippen molar-refractivity contribution in [1.82, 2.24) is 25.4 Å². The van der Waals surface area contributed by atoms with Crippen molar-refractivity contribution in [2.24, 2.45) is 0 Å². The van der Waals surface area contributed by atoms with Gasteiger partial charge in [0.1, 0.15) is 0 Å². The zero-order chi connectivity index (χ0) is 13.9. The van der Waals surface area contributed by atoms with Crippen molar-refractivity contribution in [2.45, 2.75) is 25.4 Å². The van der Waals surface area contributed by atoms with E-state index in [0.29, 0.717) is 11.7 Å². The lowest BCUT2D eigenvalue weighted by molar-refractivity contribution is 0.0957. The fraction of sp³-hybridized carbons (Fsp3) is 0.357. The van der Waals surface area contributed by atoms with Crippen LogP contribution >= 0.6 is 0 Å². The van der Waals surface area contributed by atoms with E-state index < -0.39 is 0 Å². The van der Waals surface area contributed by atoms with E-state index in [-0.39, 0.29) is 5.91 Å². The lowest BCUT2D eigenvalue weighted by Gasteiger charge is -2.05. The van der Waals surface area contributed by atoms with Gasteiger partial charge in [-0.05, 0) is 30.5 Å². The number of rotatable bonds is 5. The molecule has 2 aromatic heterocycles. The van der Waals surface area contributed by atoms with Crippen LogP contribution in [0.15, 0.2) is 30.7 Å². The van der Waals surface area contributed by atoms with Crippen LogP contribution in [-0.2, 0) is 6.54 Å². The third-order valence-corrected chi connectivity index (χ3v) is 3.27. The first-order valence-corrected chi connectivity index (χ1v) is 6.71. The first-order valence-electron chi connectivity index (χ1n) is 6.71. The Balaban J connectivity index is 1.76. The Bertz CT molecular complexity index is 618. The number of aromatic nitrogens is 3. The normalized spacial score (nSPS) is 14.2. The quantitative estimate of drug-likeness (QED) is 0.847. The van der Waals surface area contributed by atoms with E-state index in [9.17, 15) is 4.79 Å². The molecule has 0 atom stereocenters. The summed E-state index contributed by atoms with van der Waals surface area (Å²) in [4.78, 5) is 15.7. The minimum absolute atomic E-state index is 0.191. The van der Waals surface area contributed by atoms with Gasteiger partial charge < -0.3 is 10.6 Å². The highest BCUT2D eigenvalue weighted by molar-refractivity contribution is 5.91. The molecule has 0 aliphatic heterocycles. The molecule has 3 rings (SSSR count). The Morgan fingerprint density at radius 2 is 2.30 bits per heavy atom. The zero-order valence-corrected chi connectivity index (χ0v) is 11.3. The number of nitrogens with zero attached hydrogens (tertiary/aromatic N) is 3. The van der Waals surface area contributed by atoms with Gasteiger partial charge in [-0.1, -0.05) is 0 Å². The Hall–Kier alpha value is -2.21. The van der Waals surface area contributed by atoms with E-state index in [2.05, 4.69) is 20.7 Å². The van der Waals surface area contributed by atoms with Gasteiger partial charge in [0, 0.05) is 32.0 Å². The second-order valence-corrected chi connectivity index (χ2v) is 4.93. The SMILES string of the molecule is CNC(=O)c1ccn(-c2cncc(CNC3CC3)c2)n1. The minimum atomic E-state index is -0.191. The molecule has 1 fully saturated rings. The fourth-order valence-corrected chi connectivity index (χ4v) is 1.96. The summed E-state index contributed by atoms with van der Waals surface area (Å²) in [6.45, 7) is 0.815. The predicted molar refractivity (Wildman–Crippen MR) is 74.6 cm³/mol. The summed E-state index contributed by atoms with van der Waals surface area (Å²) in [6, 6.07) is 4.39. The Kier molecular flexibility index (Phi) is 3.47. The molecule has 2 N–H and O–H groups in total. The summed E-state index contributed by atoms with van der Waals surface area (Å²) >= 11 is 0. The molecule has 0 unspecified atom stereocenters. The average molecular weight is 271 g/mol. The van der Waals surface area contributed by atoms with Crippen LogP contribution in [0.5, 0.6) is 0 Å². The molecule has 20 heavy (non-hydrogen) atoms. The molecule has 6 nitrogen and oxygen atoms in total. The molecule has 0 aromatic carbocycles. The van der Waals surface area contributed by atoms with E-state index in [4.69, 9.17) is 0 Å². The van der Waals surface area contributed by atoms with Gasteiger partial charge in [0.25, 0.3) is 5.91 Å². The zero-order valence-electron chi connectivity index (χ0n) is 11.3. The van der Waals surface area contributed by atoms with Crippen molar-refractivity contribution in [2.75, 3.05) is 7.05 Å². The van der Waals surface area contributed by atoms with Gasteiger partial charge in [-0.25, -0.2) is 4.68 Å². The molecular weight excluding hydrogens is 254 g/mol. The summed E-state index contributed by atoms with van der Waals surface area (Å²) in [5.41, 5.74) is 2.37.